The van der Waals surface area contributed by atoms with E-state index in [1.54, 1.807) is 6.20 Å². The lowest BCUT2D eigenvalue weighted by Gasteiger charge is -2.27. The van der Waals surface area contributed by atoms with E-state index in [9.17, 15) is 4.79 Å². The summed E-state index contributed by atoms with van der Waals surface area (Å²) in [6, 6.07) is 19.5. The number of nitrogens with one attached hydrogen (secondary N) is 1. The molecule has 6 heteroatoms. The third-order valence-corrected chi connectivity index (χ3v) is 5.66. The van der Waals surface area contributed by atoms with E-state index < -0.39 is 5.54 Å². The Morgan fingerprint density at radius 2 is 1.83 bits per heavy atom. The van der Waals surface area contributed by atoms with Gasteiger partial charge in [0, 0.05) is 18.3 Å². The molecular formula is C24H27N5O. The van der Waals surface area contributed by atoms with Gasteiger partial charge < -0.3 is 11.1 Å². The molecule has 4 rings (SSSR count). The van der Waals surface area contributed by atoms with Crippen LogP contribution in [0, 0.1) is 5.92 Å². The molecule has 0 saturated heterocycles. The number of carbonyl (C=O) groups is 1. The van der Waals surface area contributed by atoms with Gasteiger partial charge in [-0.3, -0.25) is 4.79 Å². The first-order chi connectivity index (χ1) is 14.6. The first-order valence-electron chi connectivity index (χ1n) is 10.4. The third kappa shape index (κ3) is 3.28. The molecule has 0 radical (unpaired) electrons. The van der Waals surface area contributed by atoms with Gasteiger partial charge in [-0.1, -0.05) is 55.8 Å². The van der Waals surface area contributed by atoms with Crippen molar-refractivity contribution in [2.24, 2.45) is 16.6 Å². The summed E-state index contributed by atoms with van der Waals surface area (Å²) < 4.78 is 1.88. The second-order valence-electron chi connectivity index (χ2n) is 7.56. The molecule has 6 nitrogen and oxygen atoms in total. The lowest BCUT2D eigenvalue weighted by molar-refractivity contribution is -0.124. The fraction of sp³-hybridized carbons (Fsp3) is 0.292. The Hall–Kier alpha value is -3.41. The van der Waals surface area contributed by atoms with Gasteiger partial charge in [-0.2, -0.15) is 5.10 Å². The Balaban J connectivity index is 1.81. The second kappa shape index (κ2) is 8.14. The molecule has 154 valence electrons. The van der Waals surface area contributed by atoms with E-state index in [2.05, 4.69) is 17.3 Å². The predicted molar refractivity (Wildman–Crippen MR) is 120 cm³/mol. The number of hydrogen-bond donors (Lipinski definition) is 2. The van der Waals surface area contributed by atoms with Crippen molar-refractivity contribution in [3.63, 3.8) is 0 Å². The van der Waals surface area contributed by atoms with Crippen molar-refractivity contribution in [2.75, 3.05) is 5.32 Å². The maximum Gasteiger partial charge on any atom is 0.180 e. The fourth-order valence-electron chi connectivity index (χ4n) is 4.20. The summed E-state index contributed by atoms with van der Waals surface area (Å²) in [5.41, 5.74) is 7.70. The minimum Gasteiger partial charge on any atom is -0.387 e. The van der Waals surface area contributed by atoms with Crippen molar-refractivity contribution in [1.29, 1.82) is 0 Å². The number of amidine groups is 1. The third-order valence-electron chi connectivity index (χ3n) is 5.66. The van der Waals surface area contributed by atoms with Crippen LogP contribution in [0.5, 0.6) is 0 Å². The molecule has 0 bridgehead atoms. The average Bonchev–Trinajstić information content (AvgIpc) is 3.32. The normalized spacial score (nSPS) is 20.9. The van der Waals surface area contributed by atoms with Crippen molar-refractivity contribution in [2.45, 2.75) is 38.8 Å². The summed E-state index contributed by atoms with van der Waals surface area (Å²) in [5, 5.41) is 7.71. The molecule has 0 amide bonds. The molecular weight excluding hydrogens is 374 g/mol. The summed E-state index contributed by atoms with van der Waals surface area (Å²) in [6.45, 7) is 4.87. The number of ketones is 1. The smallest absolute Gasteiger partial charge is 0.180 e. The van der Waals surface area contributed by atoms with Gasteiger partial charge in [0.2, 0.25) is 0 Å². The van der Waals surface area contributed by atoms with Gasteiger partial charge in [0.15, 0.2) is 11.3 Å². The molecule has 1 aliphatic rings. The molecule has 1 aromatic heterocycles. The highest BCUT2D eigenvalue weighted by molar-refractivity contribution is 6.14. The number of aryl methyl sites for hydroxylation is 1. The summed E-state index contributed by atoms with van der Waals surface area (Å²) in [5.74, 6) is 1.01. The quantitative estimate of drug-likeness (QED) is 0.620. The number of hydrogen-bond acceptors (Lipinski definition) is 5. The van der Waals surface area contributed by atoms with Crippen molar-refractivity contribution in [3.8, 4) is 0 Å². The largest absolute Gasteiger partial charge is 0.387 e. The molecule has 2 unspecified atom stereocenters. The van der Waals surface area contributed by atoms with Crippen LogP contribution in [0.2, 0.25) is 0 Å². The average molecular weight is 402 g/mol. The molecule has 3 N–H and O–H groups in total. The van der Waals surface area contributed by atoms with Crippen LogP contribution in [-0.4, -0.2) is 21.4 Å². The molecule has 0 aliphatic carbocycles. The van der Waals surface area contributed by atoms with Crippen LogP contribution in [0.4, 0.5) is 11.5 Å². The minimum absolute atomic E-state index is 0.0452. The highest BCUT2D eigenvalue weighted by atomic mass is 16.1. The highest BCUT2D eigenvalue weighted by Gasteiger charge is 2.50. The second-order valence-corrected chi connectivity index (χ2v) is 7.56. The van der Waals surface area contributed by atoms with E-state index in [1.807, 2.05) is 72.3 Å². The first-order valence-corrected chi connectivity index (χ1v) is 10.4. The highest BCUT2D eigenvalue weighted by Crippen LogP contribution is 2.43. The Morgan fingerprint density at radius 1 is 1.07 bits per heavy atom. The van der Waals surface area contributed by atoms with Crippen molar-refractivity contribution >= 4 is 23.1 Å². The number of rotatable bonds is 7. The molecule has 2 heterocycles. The maximum absolute atomic E-state index is 13.7. The van der Waals surface area contributed by atoms with Crippen LogP contribution in [0.1, 0.15) is 37.8 Å². The first kappa shape index (κ1) is 19.9. The number of anilines is 2. The number of aliphatic imine (C=N–C) groups is 1. The van der Waals surface area contributed by atoms with E-state index in [0.717, 1.165) is 35.6 Å². The number of nitrogens with two attached hydrogens (primary N) is 1. The van der Waals surface area contributed by atoms with Gasteiger partial charge in [-0.25, -0.2) is 9.67 Å². The van der Waals surface area contributed by atoms with Crippen LogP contribution < -0.4 is 11.1 Å². The Kier molecular flexibility index (Phi) is 5.40. The van der Waals surface area contributed by atoms with Crippen LogP contribution in [0.25, 0.3) is 0 Å². The summed E-state index contributed by atoms with van der Waals surface area (Å²) in [4.78, 5) is 18.5. The van der Waals surface area contributed by atoms with E-state index in [4.69, 9.17) is 10.7 Å². The van der Waals surface area contributed by atoms with Gasteiger partial charge in [-0.15, -0.1) is 0 Å². The van der Waals surface area contributed by atoms with Gasteiger partial charge in [0.05, 0.1) is 12.1 Å². The van der Waals surface area contributed by atoms with Crippen LogP contribution in [0.15, 0.2) is 71.9 Å². The summed E-state index contributed by atoms with van der Waals surface area (Å²) >= 11 is 0. The van der Waals surface area contributed by atoms with Crippen LogP contribution in [0.3, 0.4) is 0 Å². The molecule has 1 aliphatic heterocycles. The van der Waals surface area contributed by atoms with Crippen LogP contribution in [-0.2, 0) is 16.9 Å². The SMILES string of the molecule is CCCC1C(=O)C(c2ccccc2)(c2cccc(Nc3ccnn3CC)c2)N=C1N. The Bertz CT molecular complexity index is 1070. The molecule has 2 atom stereocenters. The Morgan fingerprint density at radius 3 is 2.57 bits per heavy atom. The lowest BCUT2D eigenvalue weighted by atomic mass is 9.77. The molecule has 0 fully saturated rings. The van der Waals surface area contributed by atoms with Crippen molar-refractivity contribution < 1.29 is 4.79 Å². The lowest BCUT2D eigenvalue weighted by Crippen LogP contribution is -2.36. The zero-order valence-corrected chi connectivity index (χ0v) is 17.4. The zero-order valence-electron chi connectivity index (χ0n) is 17.4. The number of nitrogens with zero attached hydrogens (tertiary/aromatic N) is 3. The fourth-order valence-corrected chi connectivity index (χ4v) is 4.20. The van der Waals surface area contributed by atoms with Crippen molar-refractivity contribution in [3.05, 3.63) is 78.0 Å². The minimum atomic E-state index is -1.12. The van der Waals surface area contributed by atoms with Gasteiger partial charge in [-0.05, 0) is 36.6 Å². The summed E-state index contributed by atoms with van der Waals surface area (Å²) in [7, 11) is 0. The molecule has 0 spiro atoms. The van der Waals surface area contributed by atoms with Gasteiger partial charge in [0.1, 0.15) is 11.7 Å². The number of carbonyl (C=O) groups excluding carboxylic acids is 1. The number of benzene rings is 2. The van der Waals surface area contributed by atoms with Gasteiger partial charge in [0.25, 0.3) is 0 Å². The molecule has 2 aromatic carbocycles. The van der Waals surface area contributed by atoms with Crippen molar-refractivity contribution in [1.82, 2.24) is 9.78 Å². The predicted octanol–water partition coefficient (Wildman–Crippen LogP) is 4.25. The van der Waals surface area contributed by atoms with Crippen LogP contribution >= 0.6 is 0 Å². The van der Waals surface area contributed by atoms with Gasteiger partial charge >= 0.3 is 0 Å². The van der Waals surface area contributed by atoms with E-state index in [1.165, 1.54) is 0 Å². The van der Waals surface area contributed by atoms with E-state index in [0.29, 0.717) is 12.3 Å². The molecule has 3 aromatic rings. The Labute approximate surface area is 176 Å². The topological polar surface area (TPSA) is 85.3 Å². The number of aromatic nitrogens is 2. The van der Waals surface area contributed by atoms with E-state index >= 15 is 0 Å². The van der Waals surface area contributed by atoms with E-state index in [-0.39, 0.29) is 11.7 Å². The number of Topliss-reactive ketones (excluding diaryl/α,β-unsaturated/α-hetero) is 1. The molecule has 30 heavy (non-hydrogen) atoms. The summed E-state index contributed by atoms with van der Waals surface area (Å²) in [6.07, 6.45) is 3.35. The molecule has 0 saturated carbocycles. The maximum atomic E-state index is 13.7. The standard InChI is InChI=1S/C24H27N5O/c1-3-9-20-22(30)24(28-23(20)25,17-10-6-5-7-11-17)18-12-8-13-19(16-18)27-21-14-15-26-29(21)4-2/h5-8,10-16,20,27H,3-4,9H2,1-2H3,(H2,25,28). The zero-order chi connectivity index (χ0) is 21.1. The monoisotopic (exact) mass is 401 g/mol.